The Balaban J connectivity index is 2.58. The minimum absolute atomic E-state index is 0.769. The molecule has 18 heavy (non-hydrogen) atoms. The topological polar surface area (TPSA) is 38.5 Å². The number of nitrogens with zero attached hydrogens (tertiary/aromatic N) is 1. The number of ether oxygens (including phenoxy) is 1. The SMILES string of the molecule is COc1c(C)cc(CCN(C)CCCN)cc1C. The number of hydrogen-bond donors (Lipinski definition) is 1. The van der Waals surface area contributed by atoms with E-state index >= 15 is 0 Å². The zero-order valence-electron chi connectivity index (χ0n) is 12.1. The molecular weight excluding hydrogens is 224 g/mol. The van der Waals surface area contributed by atoms with Crippen LogP contribution in [0.5, 0.6) is 5.75 Å². The Labute approximate surface area is 111 Å². The third kappa shape index (κ3) is 4.31. The summed E-state index contributed by atoms with van der Waals surface area (Å²) in [5.74, 6) is 1.01. The van der Waals surface area contributed by atoms with Gasteiger partial charge in [0, 0.05) is 6.54 Å². The maximum atomic E-state index is 5.52. The summed E-state index contributed by atoms with van der Waals surface area (Å²) >= 11 is 0. The molecule has 0 bridgehead atoms. The van der Waals surface area contributed by atoms with Crippen LogP contribution in [0.3, 0.4) is 0 Å². The number of methoxy groups -OCH3 is 1. The molecule has 102 valence electrons. The summed E-state index contributed by atoms with van der Waals surface area (Å²) in [7, 11) is 3.88. The summed E-state index contributed by atoms with van der Waals surface area (Å²) in [6.07, 6.45) is 2.14. The van der Waals surface area contributed by atoms with Crippen molar-refractivity contribution in [1.82, 2.24) is 4.90 Å². The first-order valence-electron chi connectivity index (χ1n) is 6.61. The molecule has 0 aliphatic carbocycles. The minimum atomic E-state index is 0.769. The highest BCUT2D eigenvalue weighted by molar-refractivity contribution is 5.43. The molecule has 0 aliphatic heterocycles. The van der Waals surface area contributed by atoms with E-state index in [1.54, 1.807) is 7.11 Å². The van der Waals surface area contributed by atoms with Crippen LogP contribution < -0.4 is 10.5 Å². The van der Waals surface area contributed by atoms with Gasteiger partial charge in [-0.25, -0.2) is 0 Å². The maximum Gasteiger partial charge on any atom is 0.124 e. The molecule has 3 heteroatoms. The molecular formula is C15H26N2O. The standard InChI is InChI=1S/C15H26N2O/c1-12-10-14(11-13(2)15(12)18-4)6-9-17(3)8-5-7-16/h10-11H,5-9,16H2,1-4H3. The summed E-state index contributed by atoms with van der Waals surface area (Å²) in [6, 6.07) is 4.45. The van der Waals surface area contributed by atoms with Gasteiger partial charge >= 0.3 is 0 Å². The number of aryl methyl sites for hydroxylation is 2. The molecule has 1 aromatic carbocycles. The van der Waals surface area contributed by atoms with Crippen LogP contribution in [0, 0.1) is 13.8 Å². The molecule has 0 amide bonds. The van der Waals surface area contributed by atoms with Crippen LogP contribution in [-0.4, -0.2) is 38.7 Å². The summed E-state index contributed by atoms with van der Waals surface area (Å²) in [4.78, 5) is 2.34. The smallest absolute Gasteiger partial charge is 0.124 e. The first kappa shape index (κ1) is 15.0. The van der Waals surface area contributed by atoms with Gasteiger partial charge in [-0.2, -0.15) is 0 Å². The largest absolute Gasteiger partial charge is 0.496 e. The Morgan fingerprint density at radius 1 is 1.17 bits per heavy atom. The quantitative estimate of drug-likeness (QED) is 0.805. The molecule has 0 fully saturated rings. The summed E-state index contributed by atoms with van der Waals surface area (Å²) in [6.45, 7) is 7.13. The van der Waals surface area contributed by atoms with Gasteiger partial charge in [0.2, 0.25) is 0 Å². The second kappa shape index (κ2) is 7.39. The third-order valence-corrected chi connectivity index (χ3v) is 3.25. The number of hydrogen-bond acceptors (Lipinski definition) is 3. The lowest BCUT2D eigenvalue weighted by molar-refractivity contribution is 0.335. The monoisotopic (exact) mass is 250 g/mol. The van der Waals surface area contributed by atoms with Crippen molar-refractivity contribution in [3.05, 3.63) is 28.8 Å². The molecule has 0 aromatic heterocycles. The second-order valence-electron chi connectivity index (χ2n) is 4.96. The molecule has 0 saturated carbocycles. The average Bonchev–Trinajstić information content (AvgIpc) is 2.33. The molecule has 0 aliphatic rings. The van der Waals surface area contributed by atoms with Crippen LogP contribution in [0.4, 0.5) is 0 Å². The average molecular weight is 250 g/mol. The Kier molecular flexibility index (Phi) is 6.16. The van der Waals surface area contributed by atoms with Crippen LogP contribution in [0.25, 0.3) is 0 Å². The second-order valence-corrected chi connectivity index (χ2v) is 4.96. The fourth-order valence-electron chi connectivity index (χ4n) is 2.30. The molecule has 0 unspecified atom stereocenters. The van der Waals surface area contributed by atoms with Crippen molar-refractivity contribution in [3.8, 4) is 5.75 Å². The molecule has 0 atom stereocenters. The lowest BCUT2D eigenvalue weighted by atomic mass is 10.0. The Bertz CT molecular complexity index is 354. The predicted octanol–water partition coefficient (Wildman–Crippen LogP) is 2.14. The molecule has 0 radical (unpaired) electrons. The number of rotatable bonds is 7. The van der Waals surface area contributed by atoms with Gasteiger partial charge < -0.3 is 15.4 Å². The van der Waals surface area contributed by atoms with E-state index < -0.39 is 0 Å². The van der Waals surface area contributed by atoms with Gasteiger partial charge in [-0.15, -0.1) is 0 Å². The number of nitrogens with two attached hydrogens (primary N) is 1. The first-order chi connectivity index (χ1) is 8.58. The molecule has 0 heterocycles. The Morgan fingerprint density at radius 2 is 1.78 bits per heavy atom. The Morgan fingerprint density at radius 3 is 2.28 bits per heavy atom. The molecule has 2 N–H and O–H groups in total. The lowest BCUT2D eigenvalue weighted by Gasteiger charge is -2.17. The highest BCUT2D eigenvalue weighted by atomic mass is 16.5. The third-order valence-electron chi connectivity index (χ3n) is 3.25. The highest BCUT2D eigenvalue weighted by Crippen LogP contribution is 2.24. The van der Waals surface area contributed by atoms with Gasteiger partial charge in [0.05, 0.1) is 7.11 Å². The van der Waals surface area contributed by atoms with E-state index in [0.717, 1.165) is 38.2 Å². The van der Waals surface area contributed by atoms with E-state index in [1.807, 2.05) is 0 Å². The maximum absolute atomic E-state index is 5.52. The number of likely N-dealkylation sites (N-methyl/N-ethyl adjacent to an activating group) is 1. The molecule has 3 nitrogen and oxygen atoms in total. The van der Waals surface area contributed by atoms with Gasteiger partial charge in [-0.1, -0.05) is 12.1 Å². The van der Waals surface area contributed by atoms with Gasteiger partial charge in [0.1, 0.15) is 5.75 Å². The van der Waals surface area contributed by atoms with Crippen LogP contribution in [0.1, 0.15) is 23.1 Å². The summed E-state index contributed by atoms with van der Waals surface area (Å²) in [5.41, 5.74) is 9.33. The molecule has 0 saturated heterocycles. The van der Waals surface area contributed by atoms with Gasteiger partial charge in [0.15, 0.2) is 0 Å². The van der Waals surface area contributed by atoms with Crippen molar-refractivity contribution in [2.75, 3.05) is 33.8 Å². The molecule has 1 aromatic rings. The van der Waals surface area contributed by atoms with Crippen LogP contribution in [0.15, 0.2) is 12.1 Å². The summed E-state index contributed by atoms with van der Waals surface area (Å²) < 4.78 is 5.39. The van der Waals surface area contributed by atoms with E-state index in [4.69, 9.17) is 10.5 Å². The van der Waals surface area contributed by atoms with Crippen molar-refractivity contribution in [3.63, 3.8) is 0 Å². The molecule has 1 rings (SSSR count). The van der Waals surface area contributed by atoms with Crippen LogP contribution in [0.2, 0.25) is 0 Å². The minimum Gasteiger partial charge on any atom is -0.496 e. The van der Waals surface area contributed by atoms with Crippen LogP contribution >= 0.6 is 0 Å². The summed E-state index contributed by atoms with van der Waals surface area (Å²) in [5, 5.41) is 0. The highest BCUT2D eigenvalue weighted by Gasteiger charge is 2.06. The fraction of sp³-hybridized carbons (Fsp3) is 0.600. The van der Waals surface area contributed by atoms with E-state index in [0.29, 0.717) is 0 Å². The van der Waals surface area contributed by atoms with Gasteiger partial charge in [-0.05, 0) is 63.5 Å². The van der Waals surface area contributed by atoms with E-state index in [-0.39, 0.29) is 0 Å². The van der Waals surface area contributed by atoms with Gasteiger partial charge in [0.25, 0.3) is 0 Å². The van der Waals surface area contributed by atoms with Crippen molar-refractivity contribution in [1.29, 1.82) is 0 Å². The van der Waals surface area contributed by atoms with Gasteiger partial charge in [-0.3, -0.25) is 0 Å². The van der Waals surface area contributed by atoms with E-state index in [2.05, 4.69) is 37.9 Å². The van der Waals surface area contributed by atoms with Crippen molar-refractivity contribution >= 4 is 0 Å². The normalized spacial score (nSPS) is 11.0. The molecule has 0 spiro atoms. The number of benzene rings is 1. The Hall–Kier alpha value is -1.06. The predicted molar refractivity (Wildman–Crippen MR) is 77.3 cm³/mol. The zero-order valence-corrected chi connectivity index (χ0v) is 12.1. The zero-order chi connectivity index (χ0) is 13.5. The fourth-order valence-corrected chi connectivity index (χ4v) is 2.30. The van der Waals surface area contributed by atoms with Crippen LogP contribution in [-0.2, 0) is 6.42 Å². The van der Waals surface area contributed by atoms with E-state index in [9.17, 15) is 0 Å². The van der Waals surface area contributed by atoms with Crippen molar-refractivity contribution in [2.45, 2.75) is 26.7 Å². The first-order valence-corrected chi connectivity index (χ1v) is 6.61. The van der Waals surface area contributed by atoms with E-state index in [1.165, 1.54) is 16.7 Å². The lowest BCUT2D eigenvalue weighted by Crippen LogP contribution is -2.24. The van der Waals surface area contributed by atoms with Crippen molar-refractivity contribution < 1.29 is 4.74 Å². The van der Waals surface area contributed by atoms with Crippen molar-refractivity contribution in [2.24, 2.45) is 5.73 Å².